The molecule has 0 heterocycles. The van der Waals surface area contributed by atoms with Crippen LogP contribution in [-0.2, 0) is 4.79 Å². The molecular weight excluding hydrogens is 294 g/mol. The van der Waals surface area contributed by atoms with Gasteiger partial charge in [0.1, 0.15) is 0 Å². The van der Waals surface area contributed by atoms with E-state index in [0.717, 1.165) is 30.6 Å². The molecule has 2 rings (SSSR count). The predicted octanol–water partition coefficient (Wildman–Crippen LogP) is 3.24. The van der Waals surface area contributed by atoms with Gasteiger partial charge in [0, 0.05) is 9.92 Å². The molecule has 0 saturated heterocycles. The summed E-state index contributed by atoms with van der Waals surface area (Å²) in [5.74, 6) is -0.0177. The predicted molar refractivity (Wildman–Crippen MR) is 83.2 cm³/mol. The molecule has 0 radical (unpaired) electrons. The van der Waals surface area contributed by atoms with E-state index in [1.54, 1.807) is 0 Å². The number of rotatable bonds is 4. The fraction of sp³-hybridized carbons (Fsp3) is 0.533. The van der Waals surface area contributed by atoms with Crippen LogP contribution in [0.3, 0.4) is 0 Å². The number of aliphatic hydroxyl groups excluding tert-OH is 1. The second-order valence-corrected chi connectivity index (χ2v) is 7.03. The Labute approximate surface area is 129 Å². The topological polar surface area (TPSA) is 49.3 Å². The van der Waals surface area contributed by atoms with Crippen LogP contribution >= 0.6 is 23.4 Å². The highest BCUT2D eigenvalue weighted by molar-refractivity contribution is 8.00. The van der Waals surface area contributed by atoms with Crippen LogP contribution in [0.2, 0.25) is 5.02 Å². The Morgan fingerprint density at radius 2 is 2.00 bits per heavy atom. The first-order valence-electron chi connectivity index (χ1n) is 6.97. The third-order valence-corrected chi connectivity index (χ3v) is 4.92. The Kier molecular flexibility index (Phi) is 5.75. The standard InChI is InChI=1S/C15H20ClNO2S/c1-10(20-12-8-6-11(16)7-9-12)15(19)17-13-4-2-3-5-14(13)18/h6-10,13-14,18H,2-5H2,1H3,(H,17,19)/t10?,13-,14-/m1/s1. The molecule has 0 bridgehead atoms. The number of hydrogen-bond donors (Lipinski definition) is 2. The molecule has 0 aromatic heterocycles. The van der Waals surface area contributed by atoms with Crippen molar-refractivity contribution in [3.63, 3.8) is 0 Å². The summed E-state index contributed by atoms with van der Waals surface area (Å²) in [5.41, 5.74) is 0. The third kappa shape index (κ3) is 4.40. The Bertz CT molecular complexity index is 452. The molecule has 1 fully saturated rings. The molecule has 1 aliphatic rings. The van der Waals surface area contributed by atoms with Crippen molar-refractivity contribution < 1.29 is 9.90 Å². The second-order valence-electron chi connectivity index (χ2n) is 5.18. The van der Waals surface area contributed by atoms with Crippen LogP contribution in [0.4, 0.5) is 0 Å². The van der Waals surface area contributed by atoms with E-state index < -0.39 is 6.10 Å². The molecule has 1 unspecified atom stereocenters. The van der Waals surface area contributed by atoms with Gasteiger partial charge in [-0.25, -0.2) is 0 Å². The lowest BCUT2D eigenvalue weighted by atomic mass is 9.92. The van der Waals surface area contributed by atoms with Gasteiger partial charge in [0.15, 0.2) is 0 Å². The molecule has 3 atom stereocenters. The summed E-state index contributed by atoms with van der Waals surface area (Å²) in [5, 5.41) is 13.3. The van der Waals surface area contributed by atoms with E-state index in [4.69, 9.17) is 11.6 Å². The summed E-state index contributed by atoms with van der Waals surface area (Å²) in [6.07, 6.45) is 3.36. The van der Waals surface area contributed by atoms with Crippen LogP contribution in [0.15, 0.2) is 29.2 Å². The van der Waals surface area contributed by atoms with E-state index >= 15 is 0 Å². The number of nitrogens with one attached hydrogen (secondary N) is 1. The van der Waals surface area contributed by atoms with Crippen molar-refractivity contribution in [1.29, 1.82) is 0 Å². The fourth-order valence-corrected chi connectivity index (χ4v) is 3.35. The molecule has 1 aliphatic carbocycles. The van der Waals surface area contributed by atoms with Crippen LogP contribution in [-0.4, -0.2) is 28.4 Å². The summed E-state index contributed by atoms with van der Waals surface area (Å²) in [6, 6.07) is 7.36. The number of carbonyl (C=O) groups excluding carboxylic acids is 1. The summed E-state index contributed by atoms with van der Waals surface area (Å²) < 4.78 is 0. The van der Waals surface area contributed by atoms with Crippen LogP contribution in [0.1, 0.15) is 32.6 Å². The fourth-order valence-electron chi connectivity index (χ4n) is 2.35. The van der Waals surface area contributed by atoms with E-state index in [1.165, 1.54) is 11.8 Å². The minimum absolute atomic E-state index is 0.0177. The van der Waals surface area contributed by atoms with Gasteiger partial charge in [-0.1, -0.05) is 24.4 Å². The van der Waals surface area contributed by atoms with Gasteiger partial charge in [0.05, 0.1) is 17.4 Å². The Morgan fingerprint density at radius 1 is 1.35 bits per heavy atom. The van der Waals surface area contributed by atoms with Gasteiger partial charge in [0.25, 0.3) is 0 Å². The maximum Gasteiger partial charge on any atom is 0.233 e. The largest absolute Gasteiger partial charge is 0.391 e. The minimum Gasteiger partial charge on any atom is -0.391 e. The third-order valence-electron chi connectivity index (χ3n) is 3.55. The first-order valence-corrected chi connectivity index (χ1v) is 8.22. The maximum absolute atomic E-state index is 12.2. The molecule has 5 heteroatoms. The highest BCUT2D eigenvalue weighted by Gasteiger charge is 2.26. The van der Waals surface area contributed by atoms with Gasteiger partial charge in [0.2, 0.25) is 5.91 Å². The molecule has 1 aromatic rings. The molecular formula is C15H20ClNO2S. The number of amides is 1. The number of aliphatic hydroxyl groups is 1. The number of thioether (sulfide) groups is 1. The zero-order chi connectivity index (χ0) is 14.5. The molecule has 0 spiro atoms. The van der Waals surface area contributed by atoms with Gasteiger partial charge in [-0.2, -0.15) is 0 Å². The minimum atomic E-state index is -0.402. The first-order chi connectivity index (χ1) is 9.56. The lowest BCUT2D eigenvalue weighted by molar-refractivity contribution is -0.122. The van der Waals surface area contributed by atoms with E-state index in [9.17, 15) is 9.90 Å². The molecule has 2 N–H and O–H groups in total. The van der Waals surface area contributed by atoms with Crippen molar-refractivity contribution >= 4 is 29.3 Å². The Hall–Kier alpha value is -0.710. The Morgan fingerprint density at radius 3 is 2.65 bits per heavy atom. The number of hydrogen-bond acceptors (Lipinski definition) is 3. The van der Waals surface area contributed by atoms with Crippen molar-refractivity contribution in [3.8, 4) is 0 Å². The van der Waals surface area contributed by atoms with Crippen molar-refractivity contribution in [2.24, 2.45) is 0 Å². The van der Waals surface area contributed by atoms with E-state index in [1.807, 2.05) is 31.2 Å². The van der Waals surface area contributed by atoms with Gasteiger partial charge in [-0.3, -0.25) is 4.79 Å². The lowest BCUT2D eigenvalue weighted by Crippen LogP contribution is -2.47. The molecule has 1 saturated carbocycles. The van der Waals surface area contributed by atoms with Crippen molar-refractivity contribution in [2.75, 3.05) is 0 Å². The number of halogens is 1. The van der Waals surface area contributed by atoms with Gasteiger partial charge in [-0.05, 0) is 44.0 Å². The summed E-state index contributed by atoms with van der Waals surface area (Å²) in [6.45, 7) is 1.88. The Balaban J connectivity index is 1.86. The summed E-state index contributed by atoms with van der Waals surface area (Å²) in [4.78, 5) is 13.2. The smallest absolute Gasteiger partial charge is 0.233 e. The maximum atomic E-state index is 12.2. The monoisotopic (exact) mass is 313 g/mol. The zero-order valence-corrected chi connectivity index (χ0v) is 13.1. The molecule has 20 heavy (non-hydrogen) atoms. The van der Waals surface area contributed by atoms with Crippen molar-refractivity contribution in [2.45, 2.75) is 54.9 Å². The number of carbonyl (C=O) groups is 1. The first kappa shape index (κ1) is 15.7. The van der Waals surface area contributed by atoms with Crippen LogP contribution in [0.5, 0.6) is 0 Å². The van der Waals surface area contributed by atoms with Crippen LogP contribution in [0.25, 0.3) is 0 Å². The second kappa shape index (κ2) is 7.34. The molecule has 1 amide bonds. The average molecular weight is 314 g/mol. The quantitative estimate of drug-likeness (QED) is 0.839. The van der Waals surface area contributed by atoms with Gasteiger partial charge in [-0.15, -0.1) is 11.8 Å². The van der Waals surface area contributed by atoms with E-state index in [-0.39, 0.29) is 17.2 Å². The average Bonchev–Trinajstić information content (AvgIpc) is 2.44. The summed E-state index contributed by atoms with van der Waals surface area (Å²) in [7, 11) is 0. The van der Waals surface area contributed by atoms with Crippen molar-refractivity contribution in [3.05, 3.63) is 29.3 Å². The highest BCUT2D eigenvalue weighted by atomic mass is 35.5. The van der Waals surface area contributed by atoms with Gasteiger partial charge >= 0.3 is 0 Å². The highest BCUT2D eigenvalue weighted by Crippen LogP contribution is 2.25. The normalized spacial score (nSPS) is 24.1. The molecule has 0 aliphatic heterocycles. The molecule has 110 valence electrons. The van der Waals surface area contributed by atoms with E-state index in [0.29, 0.717) is 5.02 Å². The van der Waals surface area contributed by atoms with Crippen LogP contribution in [0, 0.1) is 0 Å². The van der Waals surface area contributed by atoms with Gasteiger partial charge < -0.3 is 10.4 Å². The summed E-state index contributed by atoms with van der Waals surface area (Å²) >= 11 is 7.34. The zero-order valence-electron chi connectivity index (χ0n) is 11.5. The number of benzene rings is 1. The van der Waals surface area contributed by atoms with E-state index in [2.05, 4.69) is 5.32 Å². The van der Waals surface area contributed by atoms with Crippen LogP contribution < -0.4 is 5.32 Å². The lowest BCUT2D eigenvalue weighted by Gasteiger charge is -2.29. The SMILES string of the molecule is CC(Sc1ccc(Cl)cc1)C(=O)N[C@@H]1CCCC[C@H]1O. The van der Waals surface area contributed by atoms with Crippen molar-refractivity contribution in [1.82, 2.24) is 5.32 Å². The molecule has 3 nitrogen and oxygen atoms in total. The molecule has 1 aromatic carbocycles.